The number of carbonyl (C=O) groups is 1. The third-order valence-electron chi connectivity index (χ3n) is 2.71. The Labute approximate surface area is 141 Å². The largest absolute Gasteiger partial charge is 0.300 e. The van der Waals surface area contributed by atoms with Crippen molar-refractivity contribution in [2.75, 3.05) is 11.1 Å². The summed E-state index contributed by atoms with van der Waals surface area (Å²) >= 11 is 2.69. The predicted octanol–water partition coefficient (Wildman–Crippen LogP) is 3.38. The molecule has 2 rings (SSSR count). The maximum absolute atomic E-state index is 11.9. The highest BCUT2D eigenvalue weighted by molar-refractivity contribution is 8.00. The van der Waals surface area contributed by atoms with Crippen LogP contribution in [0.15, 0.2) is 29.2 Å². The predicted molar refractivity (Wildman–Crippen MR) is 90.9 cm³/mol. The molecule has 0 atom stereocenters. The first-order chi connectivity index (χ1) is 10.9. The minimum absolute atomic E-state index is 0.0327. The Morgan fingerprint density at radius 2 is 2.04 bits per heavy atom. The van der Waals surface area contributed by atoms with Crippen molar-refractivity contribution in [2.45, 2.75) is 25.2 Å². The van der Waals surface area contributed by atoms with Gasteiger partial charge in [0.05, 0.1) is 10.7 Å². The Hall–Kier alpha value is -2.00. The molecule has 1 amide bonds. The molecule has 1 N–H and O–H groups in total. The zero-order chi connectivity index (χ0) is 16.8. The molecule has 0 spiro atoms. The maximum atomic E-state index is 11.9. The molecular formula is C14H16N4O3S2. The molecule has 7 nitrogen and oxygen atoms in total. The number of aromatic nitrogens is 2. The highest BCUT2D eigenvalue weighted by Gasteiger charge is 2.10. The average molecular weight is 352 g/mol. The molecular weight excluding hydrogens is 336 g/mol. The fourth-order valence-electron chi connectivity index (χ4n) is 1.70. The number of thioether (sulfide) groups is 1. The van der Waals surface area contributed by atoms with Gasteiger partial charge in [-0.05, 0) is 18.1 Å². The lowest BCUT2D eigenvalue weighted by Gasteiger charge is -2.01. The van der Waals surface area contributed by atoms with Crippen LogP contribution in [0, 0.1) is 16.0 Å². The number of anilines is 1. The zero-order valence-electron chi connectivity index (χ0n) is 12.7. The summed E-state index contributed by atoms with van der Waals surface area (Å²) in [4.78, 5) is 22.8. The first-order valence-electron chi connectivity index (χ1n) is 6.93. The summed E-state index contributed by atoms with van der Waals surface area (Å²) in [5.41, 5.74) is 0.0327. The Morgan fingerprint density at radius 1 is 1.35 bits per heavy atom. The van der Waals surface area contributed by atoms with Gasteiger partial charge < -0.3 is 0 Å². The maximum Gasteiger partial charge on any atom is 0.269 e. The molecule has 1 heterocycles. The molecule has 0 saturated carbocycles. The number of nitrogens with zero attached hydrogens (tertiary/aromatic N) is 3. The van der Waals surface area contributed by atoms with E-state index in [2.05, 4.69) is 29.4 Å². The number of hydrogen-bond acceptors (Lipinski definition) is 7. The fraction of sp³-hybridized carbons (Fsp3) is 0.357. The standard InChI is InChI=1S/C14H16N4O3S2/c1-9(2)7-13-16-17-14(23-13)15-12(19)8-22-11-5-3-10(4-6-11)18(20)21/h3-6,9H,7-8H2,1-2H3,(H,15,17,19). The van der Waals surface area contributed by atoms with E-state index < -0.39 is 4.92 Å². The van der Waals surface area contributed by atoms with Gasteiger partial charge in [-0.3, -0.25) is 20.2 Å². The SMILES string of the molecule is CC(C)Cc1nnc(NC(=O)CSc2ccc([N+](=O)[O-])cc2)s1. The number of carbonyl (C=O) groups excluding carboxylic acids is 1. The molecule has 1 aromatic carbocycles. The van der Waals surface area contributed by atoms with Crippen molar-refractivity contribution in [3.05, 3.63) is 39.4 Å². The molecule has 0 aliphatic carbocycles. The second-order valence-corrected chi connectivity index (χ2v) is 7.30. The van der Waals surface area contributed by atoms with Crippen molar-refractivity contribution in [1.82, 2.24) is 10.2 Å². The lowest BCUT2D eigenvalue weighted by Crippen LogP contribution is -2.13. The molecule has 0 radical (unpaired) electrons. The summed E-state index contributed by atoms with van der Waals surface area (Å²) in [5.74, 6) is 0.515. The van der Waals surface area contributed by atoms with Crippen LogP contribution in [0.5, 0.6) is 0 Å². The number of nitro groups is 1. The number of amides is 1. The molecule has 0 bridgehead atoms. The average Bonchev–Trinajstić information content (AvgIpc) is 2.91. The highest BCUT2D eigenvalue weighted by Crippen LogP contribution is 2.22. The van der Waals surface area contributed by atoms with Crippen molar-refractivity contribution in [3.8, 4) is 0 Å². The van der Waals surface area contributed by atoms with Gasteiger partial charge in [0.2, 0.25) is 11.0 Å². The van der Waals surface area contributed by atoms with Gasteiger partial charge in [0.1, 0.15) is 5.01 Å². The van der Waals surface area contributed by atoms with Gasteiger partial charge in [-0.15, -0.1) is 22.0 Å². The minimum Gasteiger partial charge on any atom is -0.300 e. The highest BCUT2D eigenvalue weighted by atomic mass is 32.2. The van der Waals surface area contributed by atoms with E-state index in [9.17, 15) is 14.9 Å². The van der Waals surface area contributed by atoms with Gasteiger partial charge in [-0.2, -0.15) is 0 Å². The van der Waals surface area contributed by atoms with Crippen molar-refractivity contribution in [2.24, 2.45) is 5.92 Å². The van der Waals surface area contributed by atoms with E-state index in [1.807, 2.05) is 0 Å². The van der Waals surface area contributed by atoms with Gasteiger partial charge in [0.15, 0.2) is 0 Å². The van der Waals surface area contributed by atoms with Crippen molar-refractivity contribution in [3.63, 3.8) is 0 Å². The number of nitro benzene ring substituents is 1. The van der Waals surface area contributed by atoms with E-state index in [0.29, 0.717) is 11.0 Å². The van der Waals surface area contributed by atoms with Crippen LogP contribution < -0.4 is 5.32 Å². The Balaban J connectivity index is 1.82. The summed E-state index contributed by atoms with van der Waals surface area (Å²) in [7, 11) is 0. The van der Waals surface area contributed by atoms with Gasteiger partial charge in [-0.1, -0.05) is 25.2 Å². The number of benzene rings is 1. The van der Waals surface area contributed by atoms with Crippen molar-refractivity contribution >= 4 is 39.8 Å². The molecule has 0 unspecified atom stereocenters. The minimum atomic E-state index is -0.453. The summed E-state index contributed by atoms with van der Waals surface area (Å²) in [5, 5.41) is 22.7. The van der Waals surface area contributed by atoms with E-state index in [1.54, 1.807) is 12.1 Å². The Kier molecular flexibility index (Phi) is 6.05. The lowest BCUT2D eigenvalue weighted by atomic mass is 10.1. The second-order valence-electron chi connectivity index (χ2n) is 5.19. The number of nitrogens with one attached hydrogen (secondary N) is 1. The topological polar surface area (TPSA) is 98.0 Å². The van der Waals surface area contributed by atoms with E-state index in [4.69, 9.17) is 0 Å². The Bertz CT molecular complexity index is 686. The van der Waals surface area contributed by atoms with Crippen LogP contribution in [-0.4, -0.2) is 26.8 Å². The van der Waals surface area contributed by atoms with Crippen LogP contribution in [0.4, 0.5) is 10.8 Å². The summed E-state index contributed by atoms with van der Waals surface area (Å²) in [6, 6.07) is 6.09. The summed E-state index contributed by atoms with van der Waals surface area (Å²) in [6.07, 6.45) is 0.838. The van der Waals surface area contributed by atoms with Gasteiger partial charge >= 0.3 is 0 Å². The van der Waals surface area contributed by atoms with E-state index in [0.717, 1.165) is 16.3 Å². The van der Waals surface area contributed by atoms with E-state index in [-0.39, 0.29) is 17.3 Å². The van der Waals surface area contributed by atoms with Crippen LogP contribution in [0.2, 0.25) is 0 Å². The number of non-ortho nitro benzene ring substituents is 1. The molecule has 2 aromatic rings. The van der Waals surface area contributed by atoms with Crippen LogP contribution >= 0.6 is 23.1 Å². The monoisotopic (exact) mass is 352 g/mol. The van der Waals surface area contributed by atoms with Crippen LogP contribution in [-0.2, 0) is 11.2 Å². The molecule has 0 aliphatic rings. The van der Waals surface area contributed by atoms with E-state index >= 15 is 0 Å². The molecule has 9 heteroatoms. The number of rotatable bonds is 7. The first kappa shape index (κ1) is 17.4. The first-order valence-corrected chi connectivity index (χ1v) is 8.73. The fourth-order valence-corrected chi connectivity index (χ4v) is 3.37. The molecule has 23 heavy (non-hydrogen) atoms. The van der Waals surface area contributed by atoms with Crippen LogP contribution in [0.25, 0.3) is 0 Å². The molecule has 1 aromatic heterocycles. The summed E-state index contributed by atoms with van der Waals surface area (Å²) in [6.45, 7) is 4.20. The lowest BCUT2D eigenvalue weighted by molar-refractivity contribution is -0.384. The van der Waals surface area contributed by atoms with Gasteiger partial charge in [0.25, 0.3) is 5.69 Å². The molecule has 122 valence electrons. The third-order valence-corrected chi connectivity index (χ3v) is 4.59. The van der Waals surface area contributed by atoms with Gasteiger partial charge in [-0.25, -0.2) is 0 Å². The summed E-state index contributed by atoms with van der Waals surface area (Å²) < 4.78 is 0. The number of hydrogen-bond donors (Lipinski definition) is 1. The van der Waals surface area contributed by atoms with Crippen LogP contribution in [0.3, 0.4) is 0 Å². The van der Waals surface area contributed by atoms with E-state index in [1.165, 1.54) is 35.2 Å². The van der Waals surface area contributed by atoms with Crippen LogP contribution in [0.1, 0.15) is 18.9 Å². The Morgan fingerprint density at radius 3 is 2.65 bits per heavy atom. The normalized spacial score (nSPS) is 10.7. The third kappa shape index (κ3) is 5.61. The smallest absolute Gasteiger partial charge is 0.269 e. The van der Waals surface area contributed by atoms with Crippen molar-refractivity contribution in [1.29, 1.82) is 0 Å². The zero-order valence-corrected chi connectivity index (χ0v) is 14.3. The quantitative estimate of drug-likeness (QED) is 0.466. The van der Waals surface area contributed by atoms with Crippen molar-refractivity contribution < 1.29 is 9.72 Å². The molecule has 0 fully saturated rings. The van der Waals surface area contributed by atoms with Gasteiger partial charge in [0, 0.05) is 23.4 Å². The molecule has 0 saturated heterocycles. The second kappa shape index (κ2) is 8.02. The molecule has 0 aliphatic heterocycles.